The molecule has 2 aromatic rings. The standard InChI is InChI=1S/C20H27N3O7S/c1-13(2)10-22(15-7-8-31(26,27)12-15)18(24)11-23-19(21-30-20(23)25)14-5-6-16(28-3)17(9-14)29-4/h5-6,9,13,15H,7-8,10-12H2,1-4H3. The summed E-state index contributed by atoms with van der Waals surface area (Å²) >= 11 is 0. The first-order valence-electron chi connectivity index (χ1n) is 9.94. The number of amides is 1. The van der Waals surface area contributed by atoms with Crippen molar-refractivity contribution in [3.63, 3.8) is 0 Å². The van der Waals surface area contributed by atoms with Crippen LogP contribution in [-0.4, -0.2) is 67.3 Å². The molecule has 3 rings (SSSR count). The number of sulfone groups is 1. The van der Waals surface area contributed by atoms with Crippen LogP contribution >= 0.6 is 0 Å². The van der Waals surface area contributed by atoms with E-state index in [0.29, 0.717) is 30.0 Å². The molecule has 1 unspecified atom stereocenters. The molecular formula is C20H27N3O7S. The second-order valence-electron chi connectivity index (χ2n) is 7.92. The molecule has 11 heteroatoms. The third kappa shape index (κ3) is 5.09. The van der Waals surface area contributed by atoms with Crippen molar-refractivity contribution in [3.05, 3.63) is 28.7 Å². The van der Waals surface area contributed by atoms with E-state index in [-0.39, 0.29) is 35.7 Å². The molecule has 2 heterocycles. The Hall–Kier alpha value is -2.82. The predicted molar refractivity (Wildman–Crippen MR) is 113 cm³/mol. The van der Waals surface area contributed by atoms with E-state index in [0.717, 1.165) is 4.57 Å². The van der Waals surface area contributed by atoms with Gasteiger partial charge in [0.2, 0.25) is 5.91 Å². The van der Waals surface area contributed by atoms with Gasteiger partial charge in [0.1, 0.15) is 6.54 Å². The van der Waals surface area contributed by atoms with Gasteiger partial charge in [-0.05, 0) is 30.5 Å². The molecule has 1 fully saturated rings. The summed E-state index contributed by atoms with van der Waals surface area (Å²) in [7, 11) is -0.169. The lowest BCUT2D eigenvalue weighted by atomic mass is 10.1. The van der Waals surface area contributed by atoms with Gasteiger partial charge in [-0.2, -0.15) is 0 Å². The van der Waals surface area contributed by atoms with Gasteiger partial charge in [-0.15, -0.1) is 0 Å². The molecule has 1 saturated heterocycles. The molecule has 0 radical (unpaired) electrons. The summed E-state index contributed by atoms with van der Waals surface area (Å²) in [5.41, 5.74) is 0.509. The third-order valence-corrected chi connectivity index (χ3v) is 6.90. The maximum absolute atomic E-state index is 13.2. The Morgan fingerprint density at radius 1 is 1.29 bits per heavy atom. The number of rotatable bonds is 8. The van der Waals surface area contributed by atoms with Gasteiger partial charge in [0.25, 0.3) is 0 Å². The van der Waals surface area contributed by atoms with E-state index in [2.05, 4.69) is 5.16 Å². The Morgan fingerprint density at radius 3 is 2.58 bits per heavy atom. The van der Waals surface area contributed by atoms with Crippen molar-refractivity contribution in [1.29, 1.82) is 0 Å². The molecule has 1 aliphatic rings. The summed E-state index contributed by atoms with van der Waals surface area (Å²) in [4.78, 5) is 27.0. The second-order valence-corrected chi connectivity index (χ2v) is 10.2. The molecule has 0 N–H and O–H groups in total. The molecule has 1 aromatic heterocycles. The van der Waals surface area contributed by atoms with Crippen LogP contribution in [0.15, 0.2) is 27.5 Å². The number of aromatic nitrogens is 2. The number of benzene rings is 1. The largest absolute Gasteiger partial charge is 0.493 e. The molecule has 0 saturated carbocycles. The van der Waals surface area contributed by atoms with Crippen LogP contribution in [0.4, 0.5) is 0 Å². The van der Waals surface area contributed by atoms with E-state index >= 15 is 0 Å². The molecule has 31 heavy (non-hydrogen) atoms. The molecule has 0 aliphatic carbocycles. The third-order valence-electron chi connectivity index (χ3n) is 5.15. The number of hydrogen-bond acceptors (Lipinski definition) is 8. The molecule has 1 aromatic carbocycles. The first-order chi connectivity index (χ1) is 14.6. The van der Waals surface area contributed by atoms with Gasteiger partial charge in [-0.1, -0.05) is 19.0 Å². The number of methoxy groups -OCH3 is 2. The Labute approximate surface area is 180 Å². The van der Waals surface area contributed by atoms with E-state index in [1.807, 2.05) is 13.8 Å². The number of carbonyl (C=O) groups excluding carboxylic acids is 1. The van der Waals surface area contributed by atoms with Crippen molar-refractivity contribution < 1.29 is 27.2 Å². The second kappa shape index (κ2) is 9.13. The Kier molecular flexibility index (Phi) is 6.73. The van der Waals surface area contributed by atoms with Gasteiger partial charge in [0.05, 0.1) is 25.7 Å². The first-order valence-corrected chi connectivity index (χ1v) is 11.8. The van der Waals surface area contributed by atoms with Crippen LogP contribution in [-0.2, 0) is 21.2 Å². The minimum absolute atomic E-state index is 0.0592. The zero-order valence-corrected chi connectivity index (χ0v) is 18.8. The minimum Gasteiger partial charge on any atom is -0.493 e. The molecule has 1 amide bonds. The van der Waals surface area contributed by atoms with Crippen LogP contribution in [0.5, 0.6) is 11.5 Å². The topological polar surface area (TPSA) is 121 Å². The van der Waals surface area contributed by atoms with E-state index in [1.54, 1.807) is 23.1 Å². The van der Waals surface area contributed by atoms with Gasteiger partial charge in [-0.25, -0.2) is 17.8 Å². The fourth-order valence-corrected chi connectivity index (χ4v) is 5.42. The summed E-state index contributed by atoms with van der Waals surface area (Å²) in [6.45, 7) is 3.98. The van der Waals surface area contributed by atoms with E-state index in [1.165, 1.54) is 14.2 Å². The average molecular weight is 454 g/mol. The Bertz CT molecular complexity index is 1100. The van der Waals surface area contributed by atoms with Crippen molar-refractivity contribution in [2.75, 3.05) is 32.3 Å². The molecule has 1 atom stereocenters. The maximum atomic E-state index is 13.2. The molecular weight excluding hydrogens is 426 g/mol. The lowest BCUT2D eigenvalue weighted by Crippen LogP contribution is -2.45. The number of hydrogen-bond donors (Lipinski definition) is 0. The molecule has 170 valence electrons. The summed E-state index contributed by atoms with van der Waals surface area (Å²) in [5.74, 6) is 0.108. The monoisotopic (exact) mass is 453 g/mol. The minimum atomic E-state index is -3.16. The number of carbonyl (C=O) groups is 1. The van der Waals surface area contributed by atoms with Crippen molar-refractivity contribution in [1.82, 2.24) is 14.6 Å². The first kappa shape index (κ1) is 22.9. The quantitative estimate of drug-likeness (QED) is 0.584. The van der Waals surface area contributed by atoms with E-state index in [9.17, 15) is 18.0 Å². The van der Waals surface area contributed by atoms with Crippen LogP contribution in [0.3, 0.4) is 0 Å². The van der Waals surface area contributed by atoms with E-state index in [4.69, 9.17) is 14.0 Å². The van der Waals surface area contributed by atoms with Crippen LogP contribution < -0.4 is 15.2 Å². The van der Waals surface area contributed by atoms with Gasteiger partial charge < -0.3 is 14.4 Å². The van der Waals surface area contributed by atoms with E-state index < -0.39 is 21.6 Å². The predicted octanol–water partition coefficient (Wildman–Crippen LogP) is 1.19. The lowest BCUT2D eigenvalue weighted by molar-refractivity contribution is -0.134. The summed E-state index contributed by atoms with van der Waals surface area (Å²) in [6, 6.07) is 4.56. The van der Waals surface area contributed by atoms with Gasteiger partial charge >= 0.3 is 5.76 Å². The average Bonchev–Trinajstić information content (AvgIpc) is 3.27. The number of ether oxygens (including phenoxy) is 2. The highest BCUT2D eigenvalue weighted by molar-refractivity contribution is 7.91. The summed E-state index contributed by atoms with van der Waals surface area (Å²) in [5, 5.41) is 3.82. The lowest BCUT2D eigenvalue weighted by Gasteiger charge is -2.30. The van der Waals surface area contributed by atoms with Crippen LogP contribution in [0.25, 0.3) is 11.4 Å². The van der Waals surface area contributed by atoms with Crippen LogP contribution in [0.1, 0.15) is 20.3 Å². The highest BCUT2D eigenvalue weighted by Gasteiger charge is 2.35. The molecule has 10 nitrogen and oxygen atoms in total. The van der Waals surface area contributed by atoms with Crippen molar-refractivity contribution in [2.24, 2.45) is 5.92 Å². The van der Waals surface area contributed by atoms with Crippen LogP contribution in [0, 0.1) is 5.92 Å². The SMILES string of the molecule is COc1ccc(-c2noc(=O)n2CC(=O)N(CC(C)C)C2CCS(=O)(=O)C2)cc1OC. The van der Waals surface area contributed by atoms with Gasteiger partial charge in [0.15, 0.2) is 27.2 Å². The highest BCUT2D eigenvalue weighted by atomic mass is 32.2. The zero-order chi connectivity index (χ0) is 22.8. The fourth-order valence-electron chi connectivity index (χ4n) is 3.69. The fraction of sp³-hybridized carbons (Fsp3) is 0.550. The van der Waals surface area contributed by atoms with Gasteiger partial charge in [-0.3, -0.25) is 9.32 Å². The van der Waals surface area contributed by atoms with Crippen molar-refractivity contribution >= 4 is 15.7 Å². The van der Waals surface area contributed by atoms with Crippen LogP contribution in [0.2, 0.25) is 0 Å². The van der Waals surface area contributed by atoms with Gasteiger partial charge in [0, 0.05) is 18.2 Å². The molecule has 1 aliphatic heterocycles. The zero-order valence-electron chi connectivity index (χ0n) is 18.0. The summed E-state index contributed by atoms with van der Waals surface area (Å²) < 4.78 is 40.3. The molecule has 0 spiro atoms. The smallest absolute Gasteiger partial charge is 0.442 e. The van der Waals surface area contributed by atoms with Crippen molar-refractivity contribution in [2.45, 2.75) is 32.9 Å². The number of nitrogens with zero attached hydrogens (tertiary/aromatic N) is 3. The van der Waals surface area contributed by atoms with Crippen molar-refractivity contribution in [3.8, 4) is 22.9 Å². The Morgan fingerprint density at radius 2 is 2.00 bits per heavy atom. The Balaban J connectivity index is 1.91. The normalized spacial score (nSPS) is 17.6. The summed E-state index contributed by atoms with van der Waals surface area (Å²) in [6.07, 6.45) is 0.391. The molecule has 0 bridgehead atoms. The highest BCUT2D eigenvalue weighted by Crippen LogP contribution is 2.31. The maximum Gasteiger partial charge on any atom is 0.442 e.